The number of carbonyl (C=O) groups excluding carboxylic acids is 1. The number of ether oxygens (including phenoxy) is 1. The molecule has 1 fully saturated rings. The smallest absolute Gasteiger partial charge is 0.310 e. The van der Waals surface area contributed by atoms with Gasteiger partial charge in [-0.2, -0.15) is 0 Å². The number of carbonyl (C=O) groups is 1. The molecule has 1 heterocycles. The molecular weight excluding hydrogens is 431 g/mol. The number of aliphatic imine (C=N–C) groups is 1. The van der Waals surface area contributed by atoms with Crippen LogP contribution in [0.25, 0.3) is 0 Å². The fourth-order valence-corrected chi connectivity index (χ4v) is 2.77. The van der Waals surface area contributed by atoms with E-state index in [0.717, 1.165) is 32.0 Å². The molecule has 2 N–H and O–H groups in total. The molecule has 2 rings (SSSR count). The highest BCUT2D eigenvalue weighted by Crippen LogP contribution is 2.19. The quantitative estimate of drug-likeness (QED) is 0.295. The summed E-state index contributed by atoms with van der Waals surface area (Å²) >= 11 is 0. The first kappa shape index (κ1) is 21.5. The van der Waals surface area contributed by atoms with Gasteiger partial charge in [-0.1, -0.05) is 25.1 Å². The van der Waals surface area contributed by atoms with E-state index in [9.17, 15) is 4.79 Å². The summed E-state index contributed by atoms with van der Waals surface area (Å²) in [5.74, 6) is 0.286. The zero-order valence-electron chi connectivity index (χ0n) is 15.2. The molecule has 1 aromatic carbocycles. The number of guanidine groups is 1. The maximum atomic E-state index is 11.5. The van der Waals surface area contributed by atoms with Crippen LogP contribution in [0.15, 0.2) is 35.3 Å². The SMILES string of the molecule is CCNC(=NCC(C)C(=O)OC)NC1CCN(c2ccccc2)C1.I. The number of benzene rings is 1. The summed E-state index contributed by atoms with van der Waals surface area (Å²) in [4.78, 5) is 18.4. The summed E-state index contributed by atoms with van der Waals surface area (Å²) in [6, 6.07) is 10.8. The van der Waals surface area contributed by atoms with Crippen LogP contribution in [-0.2, 0) is 9.53 Å². The third kappa shape index (κ3) is 6.72. The van der Waals surface area contributed by atoms with Gasteiger partial charge in [0.2, 0.25) is 0 Å². The molecular formula is C18H29IN4O2. The topological polar surface area (TPSA) is 66.0 Å². The Balaban J connectivity index is 0.00000312. The molecule has 2 atom stereocenters. The van der Waals surface area contributed by atoms with E-state index >= 15 is 0 Å². The van der Waals surface area contributed by atoms with Gasteiger partial charge in [-0.05, 0) is 25.5 Å². The molecule has 1 aromatic rings. The number of hydrogen-bond acceptors (Lipinski definition) is 4. The van der Waals surface area contributed by atoms with Crippen molar-refractivity contribution in [3.8, 4) is 0 Å². The Morgan fingerprint density at radius 2 is 2.12 bits per heavy atom. The van der Waals surface area contributed by atoms with Crippen molar-refractivity contribution in [2.75, 3.05) is 38.2 Å². The van der Waals surface area contributed by atoms with Gasteiger partial charge in [0.1, 0.15) is 0 Å². The van der Waals surface area contributed by atoms with E-state index in [4.69, 9.17) is 4.74 Å². The number of anilines is 1. The van der Waals surface area contributed by atoms with Crippen LogP contribution in [0, 0.1) is 5.92 Å². The van der Waals surface area contributed by atoms with Crippen LogP contribution in [0.4, 0.5) is 5.69 Å². The molecule has 0 bridgehead atoms. The third-order valence-corrected chi connectivity index (χ3v) is 4.12. The van der Waals surface area contributed by atoms with Crippen LogP contribution in [-0.4, -0.2) is 51.3 Å². The lowest BCUT2D eigenvalue weighted by Crippen LogP contribution is -2.45. The number of halogens is 1. The first-order valence-corrected chi connectivity index (χ1v) is 8.56. The van der Waals surface area contributed by atoms with Crippen molar-refractivity contribution in [1.29, 1.82) is 0 Å². The number of nitrogens with zero attached hydrogens (tertiary/aromatic N) is 2. The van der Waals surface area contributed by atoms with Crippen molar-refractivity contribution in [1.82, 2.24) is 10.6 Å². The second-order valence-corrected chi connectivity index (χ2v) is 6.06. The second-order valence-electron chi connectivity index (χ2n) is 6.06. The summed E-state index contributed by atoms with van der Waals surface area (Å²) in [6.45, 7) is 7.03. The van der Waals surface area contributed by atoms with Crippen LogP contribution in [0.2, 0.25) is 0 Å². The van der Waals surface area contributed by atoms with Crippen molar-refractivity contribution in [2.24, 2.45) is 10.9 Å². The van der Waals surface area contributed by atoms with Crippen molar-refractivity contribution in [3.05, 3.63) is 30.3 Å². The van der Waals surface area contributed by atoms with Crippen molar-refractivity contribution < 1.29 is 9.53 Å². The molecule has 0 spiro atoms. The lowest BCUT2D eigenvalue weighted by molar-refractivity contribution is -0.144. The van der Waals surface area contributed by atoms with E-state index in [2.05, 4.69) is 44.8 Å². The molecule has 6 nitrogen and oxygen atoms in total. The molecule has 0 radical (unpaired) electrons. The van der Waals surface area contributed by atoms with Gasteiger partial charge in [0, 0.05) is 31.4 Å². The average molecular weight is 460 g/mol. The van der Waals surface area contributed by atoms with Crippen molar-refractivity contribution in [3.63, 3.8) is 0 Å². The predicted molar refractivity (Wildman–Crippen MR) is 113 cm³/mol. The Bertz CT molecular complexity index is 553. The normalized spacial score (nSPS) is 18.3. The number of nitrogens with one attached hydrogen (secondary N) is 2. The van der Waals surface area contributed by atoms with Crippen molar-refractivity contribution in [2.45, 2.75) is 26.3 Å². The van der Waals surface area contributed by atoms with E-state index in [1.54, 1.807) is 0 Å². The molecule has 25 heavy (non-hydrogen) atoms. The zero-order chi connectivity index (χ0) is 17.4. The van der Waals surface area contributed by atoms with Crippen LogP contribution in [0.3, 0.4) is 0 Å². The van der Waals surface area contributed by atoms with Crippen molar-refractivity contribution >= 4 is 41.6 Å². The van der Waals surface area contributed by atoms with Crippen LogP contribution in [0.5, 0.6) is 0 Å². The van der Waals surface area contributed by atoms with E-state index in [1.807, 2.05) is 19.9 Å². The maximum absolute atomic E-state index is 11.5. The lowest BCUT2D eigenvalue weighted by atomic mass is 10.2. The van der Waals surface area contributed by atoms with Gasteiger partial charge in [-0.25, -0.2) is 0 Å². The number of para-hydroxylation sites is 1. The molecule has 0 aromatic heterocycles. The molecule has 0 amide bonds. The van der Waals surface area contributed by atoms with Crippen LogP contribution < -0.4 is 15.5 Å². The summed E-state index contributed by atoms with van der Waals surface area (Å²) in [5.41, 5.74) is 1.25. The minimum atomic E-state index is -0.241. The number of hydrogen-bond donors (Lipinski definition) is 2. The highest BCUT2D eigenvalue weighted by Gasteiger charge is 2.23. The highest BCUT2D eigenvalue weighted by molar-refractivity contribution is 14.0. The van der Waals surface area contributed by atoms with Crippen LogP contribution >= 0.6 is 24.0 Å². The standard InChI is InChI=1S/C18H28N4O2.HI/c1-4-19-18(20-12-14(2)17(23)24-3)21-15-10-11-22(13-15)16-8-6-5-7-9-16;/h5-9,14-15H,4,10-13H2,1-3H3,(H2,19,20,21);1H. The average Bonchev–Trinajstić information content (AvgIpc) is 3.08. The van der Waals surface area contributed by atoms with E-state index < -0.39 is 0 Å². The maximum Gasteiger partial charge on any atom is 0.310 e. The zero-order valence-corrected chi connectivity index (χ0v) is 17.5. The Kier molecular flexibility index (Phi) is 9.62. The largest absolute Gasteiger partial charge is 0.469 e. The molecule has 0 aliphatic carbocycles. The predicted octanol–water partition coefficient (Wildman–Crippen LogP) is 2.25. The molecule has 1 aliphatic heterocycles. The van der Waals surface area contributed by atoms with Gasteiger partial charge in [0.05, 0.1) is 19.6 Å². The Hall–Kier alpha value is -1.51. The Morgan fingerprint density at radius 1 is 1.40 bits per heavy atom. The fraction of sp³-hybridized carbons (Fsp3) is 0.556. The minimum Gasteiger partial charge on any atom is -0.469 e. The third-order valence-electron chi connectivity index (χ3n) is 4.12. The van der Waals surface area contributed by atoms with Crippen LogP contribution in [0.1, 0.15) is 20.3 Å². The summed E-state index contributed by atoms with van der Waals surface area (Å²) in [7, 11) is 1.41. The molecule has 0 saturated carbocycles. The monoisotopic (exact) mass is 460 g/mol. The number of rotatable bonds is 6. The molecule has 7 heteroatoms. The molecule has 2 unspecified atom stereocenters. The summed E-state index contributed by atoms with van der Waals surface area (Å²) < 4.78 is 4.75. The van der Waals surface area contributed by atoms with E-state index in [1.165, 1.54) is 12.8 Å². The van der Waals surface area contributed by atoms with Gasteiger partial charge in [0.15, 0.2) is 5.96 Å². The van der Waals surface area contributed by atoms with Gasteiger partial charge in [-0.3, -0.25) is 9.79 Å². The van der Waals surface area contributed by atoms with Gasteiger partial charge >= 0.3 is 5.97 Å². The Morgan fingerprint density at radius 3 is 2.76 bits per heavy atom. The molecule has 1 aliphatic rings. The number of esters is 1. The fourth-order valence-electron chi connectivity index (χ4n) is 2.77. The summed E-state index contributed by atoms with van der Waals surface area (Å²) in [5, 5.41) is 6.72. The van der Waals surface area contributed by atoms with E-state index in [0.29, 0.717) is 12.6 Å². The first-order chi connectivity index (χ1) is 11.6. The number of methoxy groups -OCH3 is 1. The van der Waals surface area contributed by atoms with Gasteiger partial charge < -0.3 is 20.3 Å². The minimum absolute atomic E-state index is 0. The molecule has 140 valence electrons. The molecule has 1 saturated heterocycles. The first-order valence-electron chi connectivity index (χ1n) is 8.56. The highest BCUT2D eigenvalue weighted by atomic mass is 127. The van der Waals surface area contributed by atoms with E-state index in [-0.39, 0.29) is 35.9 Å². The Labute approximate surface area is 167 Å². The second kappa shape index (κ2) is 11.2. The lowest BCUT2D eigenvalue weighted by Gasteiger charge is -2.20. The van der Waals surface area contributed by atoms with Gasteiger partial charge in [-0.15, -0.1) is 24.0 Å². The van der Waals surface area contributed by atoms with Gasteiger partial charge in [0.25, 0.3) is 0 Å². The summed E-state index contributed by atoms with van der Waals surface area (Å²) in [6.07, 6.45) is 1.06.